The highest BCUT2D eigenvalue weighted by Gasteiger charge is 2.52. The van der Waals surface area contributed by atoms with Gasteiger partial charge in [-0.05, 0) is 36.6 Å². The summed E-state index contributed by atoms with van der Waals surface area (Å²) in [6.45, 7) is 2.75. The van der Waals surface area contributed by atoms with E-state index in [0.717, 1.165) is 46.8 Å². The normalized spacial score (nSPS) is 17.2. The largest absolute Gasteiger partial charge is 0.494 e. The first-order valence-electron chi connectivity index (χ1n) is 11.0. The van der Waals surface area contributed by atoms with Crippen LogP contribution in [0.5, 0.6) is 10.9 Å². The molecule has 1 unspecified atom stereocenters. The number of thiazole rings is 1. The summed E-state index contributed by atoms with van der Waals surface area (Å²) in [5.74, 6) is 1.49. The van der Waals surface area contributed by atoms with Crippen LogP contribution in [0.2, 0.25) is 0 Å². The van der Waals surface area contributed by atoms with Crippen LogP contribution in [0.25, 0.3) is 10.2 Å². The second-order valence-corrected chi connectivity index (χ2v) is 9.99. The molecule has 7 nitrogen and oxygen atoms in total. The van der Waals surface area contributed by atoms with E-state index in [1.165, 1.54) is 16.9 Å². The molecule has 0 bridgehead atoms. The molecule has 176 valence electrons. The van der Waals surface area contributed by atoms with Crippen LogP contribution in [0, 0.1) is 0 Å². The van der Waals surface area contributed by atoms with Crippen LogP contribution in [0.4, 0.5) is 0 Å². The lowest BCUT2D eigenvalue weighted by Crippen LogP contribution is -2.37. The van der Waals surface area contributed by atoms with Crippen LogP contribution in [0.15, 0.2) is 42.5 Å². The number of aromatic nitrogens is 1. The molecule has 0 radical (unpaired) electrons. The molecule has 33 heavy (non-hydrogen) atoms. The molecule has 1 atom stereocenters. The molecule has 1 amide bonds. The number of benzene rings is 2. The molecule has 1 aliphatic heterocycles. The third kappa shape index (κ3) is 5.97. The summed E-state index contributed by atoms with van der Waals surface area (Å²) >= 11 is 3.05. The molecule has 2 heterocycles. The van der Waals surface area contributed by atoms with E-state index in [1.807, 2.05) is 18.2 Å². The van der Waals surface area contributed by atoms with Gasteiger partial charge in [0.25, 0.3) is 11.1 Å². The maximum Gasteiger partial charge on any atom is 0.274 e. The summed E-state index contributed by atoms with van der Waals surface area (Å²) in [4.78, 5) is 16.5. The van der Waals surface area contributed by atoms with Crippen molar-refractivity contribution in [3.63, 3.8) is 0 Å². The summed E-state index contributed by atoms with van der Waals surface area (Å²) in [5, 5.41) is 7.07. The van der Waals surface area contributed by atoms with Gasteiger partial charge in [-0.2, -0.15) is 4.98 Å². The lowest BCUT2D eigenvalue weighted by molar-refractivity contribution is -0.123. The fourth-order valence-corrected chi connectivity index (χ4v) is 5.49. The standard InChI is InChI=1S/C24H29N3O4S2/c1-29-19-9-8-18(21-20(19)27-23(30-2)33-21)11-13-26-22(28)24(16-31-24)32-15-14-25-12-10-17-6-4-3-5-7-17/h3-9,25H,10-16H2,1-2H3,(H,26,28). The maximum atomic E-state index is 12.7. The van der Waals surface area contributed by atoms with Gasteiger partial charge in [-0.25, -0.2) is 0 Å². The fraction of sp³-hybridized carbons (Fsp3) is 0.417. The molecule has 0 spiro atoms. The Morgan fingerprint density at radius 1 is 1.12 bits per heavy atom. The highest BCUT2D eigenvalue weighted by atomic mass is 32.2. The Kier molecular flexibility index (Phi) is 8.08. The number of rotatable bonds is 13. The van der Waals surface area contributed by atoms with Crippen molar-refractivity contribution >= 4 is 39.2 Å². The molecule has 1 aromatic heterocycles. The maximum absolute atomic E-state index is 12.7. The topological polar surface area (TPSA) is 85.0 Å². The predicted octanol–water partition coefficient (Wildman–Crippen LogP) is 3.26. The number of thioether (sulfide) groups is 1. The molecule has 2 N–H and O–H groups in total. The number of methoxy groups -OCH3 is 2. The van der Waals surface area contributed by atoms with Gasteiger partial charge in [0.2, 0.25) is 4.93 Å². The summed E-state index contributed by atoms with van der Waals surface area (Å²) in [5.41, 5.74) is 3.22. The van der Waals surface area contributed by atoms with E-state index in [2.05, 4.69) is 39.9 Å². The van der Waals surface area contributed by atoms with Gasteiger partial charge in [-0.1, -0.05) is 47.7 Å². The minimum atomic E-state index is -0.732. The van der Waals surface area contributed by atoms with Crippen molar-refractivity contribution in [2.75, 3.05) is 46.2 Å². The number of carbonyl (C=O) groups excluding carboxylic acids is 1. The van der Waals surface area contributed by atoms with Crippen molar-refractivity contribution < 1.29 is 19.0 Å². The first-order valence-corrected chi connectivity index (χ1v) is 12.8. The monoisotopic (exact) mass is 487 g/mol. The summed E-state index contributed by atoms with van der Waals surface area (Å²) in [7, 11) is 3.24. The van der Waals surface area contributed by atoms with Crippen molar-refractivity contribution in [1.29, 1.82) is 0 Å². The number of hydrogen-bond acceptors (Lipinski definition) is 8. The number of nitrogens with zero attached hydrogens (tertiary/aromatic N) is 1. The van der Waals surface area contributed by atoms with Crippen LogP contribution >= 0.6 is 23.1 Å². The molecule has 9 heteroatoms. The van der Waals surface area contributed by atoms with Gasteiger partial charge in [0.15, 0.2) is 0 Å². The van der Waals surface area contributed by atoms with E-state index < -0.39 is 4.93 Å². The van der Waals surface area contributed by atoms with E-state index >= 15 is 0 Å². The van der Waals surface area contributed by atoms with E-state index in [-0.39, 0.29) is 5.91 Å². The first-order chi connectivity index (χ1) is 16.1. The minimum Gasteiger partial charge on any atom is -0.494 e. The number of nitrogens with one attached hydrogen (secondary N) is 2. The Labute approximate surface area is 202 Å². The molecule has 1 saturated heterocycles. The van der Waals surface area contributed by atoms with Crippen LogP contribution in [-0.4, -0.2) is 62.0 Å². The second kappa shape index (κ2) is 11.2. The number of epoxide rings is 1. The quantitative estimate of drug-likeness (QED) is 0.283. The smallest absolute Gasteiger partial charge is 0.274 e. The van der Waals surface area contributed by atoms with Crippen molar-refractivity contribution in [1.82, 2.24) is 15.6 Å². The van der Waals surface area contributed by atoms with Crippen LogP contribution in [-0.2, 0) is 22.4 Å². The number of carbonyl (C=O) groups is 1. The zero-order chi connectivity index (χ0) is 23.1. The Balaban J connectivity index is 1.20. The number of amides is 1. The molecule has 1 aliphatic rings. The zero-order valence-electron chi connectivity index (χ0n) is 18.9. The third-order valence-electron chi connectivity index (χ3n) is 5.44. The number of ether oxygens (including phenoxy) is 3. The molecule has 3 aromatic rings. The van der Waals surface area contributed by atoms with Gasteiger partial charge in [0, 0.05) is 18.8 Å². The molecule has 0 aliphatic carbocycles. The zero-order valence-corrected chi connectivity index (χ0v) is 20.5. The lowest BCUT2D eigenvalue weighted by atomic mass is 10.1. The molecule has 1 fully saturated rings. The lowest BCUT2D eigenvalue weighted by Gasteiger charge is -2.13. The van der Waals surface area contributed by atoms with Gasteiger partial charge in [-0.3, -0.25) is 4.79 Å². The average Bonchev–Trinajstić information content (AvgIpc) is 3.51. The van der Waals surface area contributed by atoms with Crippen LogP contribution < -0.4 is 20.1 Å². The van der Waals surface area contributed by atoms with E-state index in [0.29, 0.717) is 24.8 Å². The second-order valence-electron chi connectivity index (χ2n) is 7.67. The van der Waals surface area contributed by atoms with Gasteiger partial charge >= 0.3 is 0 Å². The first kappa shape index (κ1) is 23.8. The number of fused-ring (bicyclic) bond motifs is 1. The molecule has 2 aromatic carbocycles. The highest BCUT2D eigenvalue weighted by molar-refractivity contribution is 8.01. The summed E-state index contributed by atoms with van der Waals surface area (Å²) < 4.78 is 17.3. The molecular weight excluding hydrogens is 458 g/mol. The molecule has 0 saturated carbocycles. The predicted molar refractivity (Wildman–Crippen MR) is 134 cm³/mol. The van der Waals surface area contributed by atoms with E-state index in [4.69, 9.17) is 14.2 Å². The Morgan fingerprint density at radius 2 is 1.94 bits per heavy atom. The Hall–Kier alpha value is -2.33. The Bertz CT molecular complexity index is 1070. The van der Waals surface area contributed by atoms with Crippen molar-refractivity contribution in [3.8, 4) is 10.9 Å². The minimum absolute atomic E-state index is 0.0524. The summed E-state index contributed by atoms with van der Waals surface area (Å²) in [6.07, 6.45) is 1.69. The van der Waals surface area contributed by atoms with Crippen molar-refractivity contribution in [3.05, 3.63) is 53.6 Å². The molecular formula is C24H29N3O4S2. The van der Waals surface area contributed by atoms with Crippen molar-refractivity contribution in [2.24, 2.45) is 0 Å². The van der Waals surface area contributed by atoms with Gasteiger partial charge < -0.3 is 24.8 Å². The van der Waals surface area contributed by atoms with Crippen LogP contribution in [0.3, 0.4) is 0 Å². The van der Waals surface area contributed by atoms with Gasteiger partial charge in [-0.15, -0.1) is 11.8 Å². The third-order valence-corrected chi connectivity index (χ3v) is 7.83. The molecule has 4 rings (SSSR count). The van der Waals surface area contributed by atoms with E-state index in [1.54, 1.807) is 26.0 Å². The van der Waals surface area contributed by atoms with Gasteiger partial charge in [0.05, 0.1) is 25.5 Å². The van der Waals surface area contributed by atoms with Crippen molar-refractivity contribution in [2.45, 2.75) is 17.8 Å². The highest BCUT2D eigenvalue weighted by Crippen LogP contribution is 2.39. The number of hydrogen-bond donors (Lipinski definition) is 2. The fourth-order valence-electron chi connectivity index (χ4n) is 3.55. The van der Waals surface area contributed by atoms with Gasteiger partial charge in [0.1, 0.15) is 11.3 Å². The Morgan fingerprint density at radius 3 is 2.67 bits per heavy atom. The van der Waals surface area contributed by atoms with Crippen LogP contribution in [0.1, 0.15) is 11.1 Å². The SMILES string of the molecule is COc1nc2c(OC)ccc(CCNC(=O)C3(SCCNCCc4ccccc4)CO3)c2s1. The average molecular weight is 488 g/mol. The summed E-state index contributed by atoms with van der Waals surface area (Å²) in [6, 6.07) is 14.3. The van der Waals surface area contributed by atoms with E-state index in [9.17, 15) is 4.79 Å².